The average molecular weight is 389 g/mol. The molecule has 0 spiro atoms. The highest BCUT2D eigenvalue weighted by atomic mass is 35.5. The first-order valence-electron chi connectivity index (χ1n) is 9.30. The molecule has 2 aromatic carbocycles. The Kier molecular flexibility index (Phi) is 9.42. The molecule has 0 heterocycles. The Bertz CT molecular complexity index is 770. The zero-order chi connectivity index (χ0) is 19.3. The van der Waals surface area contributed by atoms with Crippen molar-refractivity contribution >= 4 is 34.3 Å². The third-order valence-corrected chi connectivity index (χ3v) is 4.33. The fraction of sp³-hybridized carbons (Fsp3) is 0.364. The van der Waals surface area contributed by atoms with E-state index in [4.69, 9.17) is 21.1 Å². The summed E-state index contributed by atoms with van der Waals surface area (Å²) in [7, 11) is 0. The van der Waals surface area contributed by atoms with E-state index in [-0.39, 0.29) is 0 Å². The van der Waals surface area contributed by atoms with Crippen LogP contribution in [0.5, 0.6) is 5.75 Å². The molecule has 0 aliphatic carbocycles. The number of carbonyl (C=O) groups excluding carboxylic acids is 2. The number of unbranched alkanes of at least 4 members (excludes halogenated alkanes) is 5. The van der Waals surface area contributed by atoms with Gasteiger partial charge in [0.25, 0.3) is 0 Å². The summed E-state index contributed by atoms with van der Waals surface area (Å²) in [5, 5.41) is 2.05. The quantitative estimate of drug-likeness (QED) is 0.169. The molecule has 0 aromatic heterocycles. The Morgan fingerprint density at radius 3 is 2.26 bits per heavy atom. The number of esters is 2. The minimum Gasteiger partial charge on any atom is -0.463 e. The number of alkyl halides is 1. The van der Waals surface area contributed by atoms with E-state index >= 15 is 0 Å². The number of benzene rings is 2. The van der Waals surface area contributed by atoms with Gasteiger partial charge in [-0.25, -0.2) is 9.59 Å². The summed E-state index contributed by atoms with van der Waals surface area (Å²) in [6.45, 7) is 0.360. The summed E-state index contributed by atoms with van der Waals surface area (Å²) < 4.78 is 10.3. The van der Waals surface area contributed by atoms with Gasteiger partial charge in [0.2, 0.25) is 0 Å². The summed E-state index contributed by atoms with van der Waals surface area (Å²) in [4.78, 5) is 23.4. The van der Waals surface area contributed by atoms with Gasteiger partial charge in [-0.15, -0.1) is 11.6 Å². The van der Waals surface area contributed by atoms with Crippen LogP contribution in [0.3, 0.4) is 0 Å². The SMILES string of the molecule is O=C(/C=C/C(=O)Oc1ccc2ccccc2c1)OCCCCCCCCCl. The van der Waals surface area contributed by atoms with E-state index in [2.05, 4.69) is 0 Å². The van der Waals surface area contributed by atoms with Gasteiger partial charge in [-0.3, -0.25) is 0 Å². The molecule has 0 radical (unpaired) electrons. The molecule has 0 N–H and O–H groups in total. The van der Waals surface area contributed by atoms with Crippen molar-refractivity contribution in [2.75, 3.05) is 12.5 Å². The molecule has 0 fully saturated rings. The second-order valence-corrected chi connectivity index (χ2v) is 6.62. The molecule has 0 saturated heterocycles. The molecule has 4 nitrogen and oxygen atoms in total. The Balaban J connectivity index is 1.65. The van der Waals surface area contributed by atoms with Crippen molar-refractivity contribution in [1.29, 1.82) is 0 Å². The van der Waals surface area contributed by atoms with Crippen molar-refractivity contribution in [1.82, 2.24) is 0 Å². The van der Waals surface area contributed by atoms with E-state index in [0.29, 0.717) is 18.2 Å². The lowest BCUT2D eigenvalue weighted by atomic mass is 10.1. The van der Waals surface area contributed by atoms with Crippen LogP contribution < -0.4 is 4.74 Å². The van der Waals surface area contributed by atoms with E-state index in [9.17, 15) is 9.59 Å². The van der Waals surface area contributed by atoms with Crippen LogP contribution in [-0.4, -0.2) is 24.4 Å². The maximum absolute atomic E-state index is 11.8. The van der Waals surface area contributed by atoms with Gasteiger partial charge in [0.15, 0.2) is 0 Å². The number of rotatable bonds is 11. The van der Waals surface area contributed by atoms with Gasteiger partial charge in [-0.1, -0.05) is 56.0 Å². The Morgan fingerprint density at radius 2 is 1.48 bits per heavy atom. The van der Waals surface area contributed by atoms with Gasteiger partial charge in [-0.05, 0) is 35.7 Å². The molecule has 27 heavy (non-hydrogen) atoms. The number of hydrogen-bond donors (Lipinski definition) is 0. The minimum absolute atomic E-state index is 0.360. The highest BCUT2D eigenvalue weighted by molar-refractivity contribution is 6.17. The van der Waals surface area contributed by atoms with Crippen LogP contribution in [-0.2, 0) is 14.3 Å². The predicted molar refractivity (Wildman–Crippen MR) is 108 cm³/mol. The molecule has 0 amide bonds. The van der Waals surface area contributed by atoms with Crippen LogP contribution in [0.15, 0.2) is 54.6 Å². The van der Waals surface area contributed by atoms with E-state index in [0.717, 1.165) is 61.4 Å². The minimum atomic E-state index is -0.610. The van der Waals surface area contributed by atoms with Crippen LogP contribution in [0.2, 0.25) is 0 Å². The monoisotopic (exact) mass is 388 g/mol. The van der Waals surface area contributed by atoms with Gasteiger partial charge in [-0.2, -0.15) is 0 Å². The molecule has 0 unspecified atom stereocenters. The Morgan fingerprint density at radius 1 is 0.815 bits per heavy atom. The smallest absolute Gasteiger partial charge is 0.336 e. The molecule has 0 saturated carbocycles. The molecule has 2 rings (SSSR count). The zero-order valence-corrected chi connectivity index (χ0v) is 16.1. The first kappa shape index (κ1) is 21.0. The molecule has 0 aliphatic heterocycles. The molecular weight excluding hydrogens is 364 g/mol. The van der Waals surface area contributed by atoms with Gasteiger partial charge in [0.1, 0.15) is 5.75 Å². The average Bonchev–Trinajstić information content (AvgIpc) is 2.68. The van der Waals surface area contributed by atoms with Gasteiger partial charge >= 0.3 is 11.9 Å². The van der Waals surface area contributed by atoms with Crippen molar-refractivity contribution in [3.8, 4) is 5.75 Å². The van der Waals surface area contributed by atoms with Crippen LogP contribution in [0.25, 0.3) is 10.8 Å². The highest BCUT2D eigenvalue weighted by Crippen LogP contribution is 2.20. The van der Waals surface area contributed by atoms with Crippen LogP contribution in [0, 0.1) is 0 Å². The van der Waals surface area contributed by atoms with E-state index in [1.807, 2.05) is 30.3 Å². The number of halogens is 1. The van der Waals surface area contributed by atoms with Crippen LogP contribution >= 0.6 is 11.6 Å². The first-order chi connectivity index (χ1) is 13.2. The Labute approximate surface area is 165 Å². The third-order valence-electron chi connectivity index (χ3n) is 4.07. The second-order valence-electron chi connectivity index (χ2n) is 6.24. The van der Waals surface area contributed by atoms with Crippen molar-refractivity contribution in [2.24, 2.45) is 0 Å². The molecule has 0 bridgehead atoms. The molecule has 0 atom stereocenters. The molecular formula is C22H25ClO4. The van der Waals surface area contributed by atoms with Gasteiger partial charge in [0, 0.05) is 18.0 Å². The fourth-order valence-electron chi connectivity index (χ4n) is 2.64. The standard InChI is InChI=1S/C22H25ClO4/c23-15-7-3-1-2-4-8-16-26-21(24)13-14-22(25)27-20-12-11-18-9-5-6-10-19(18)17-20/h5-6,9-14,17H,1-4,7-8,15-16H2/b14-13+. The number of ether oxygens (including phenoxy) is 2. The number of hydrogen-bond acceptors (Lipinski definition) is 4. The topological polar surface area (TPSA) is 52.6 Å². The summed E-state index contributed by atoms with van der Waals surface area (Å²) in [6, 6.07) is 13.2. The largest absolute Gasteiger partial charge is 0.463 e. The lowest BCUT2D eigenvalue weighted by Crippen LogP contribution is -2.07. The fourth-order valence-corrected chi connectivity index (χ4v) is 2.83. The first-order valence-corrected chi connectivity index (χ1v) is 9.84. The van der Waals surface area contributed by atoms with Crippen LogP contribution in [0.4, 0.5) is 0 Å². The van der Waals surface area contributed by atoms with Gasteiger partial charge < -0.3 is 9.47 Å². The summed E-state index contributed by atoms with van der Waals surface area (Å²) in [5.74, 6) is 0.00720. The second kappa shape index (κ2) is 12.1. The van der Waals surface area contributed by atoms with Gasteiger partial charge in [0.05, 0.1) is 6.61 Å². The van der Waals surface area contributed by atoms with E-state index in [1.165, 1.54) is 0 Å². The number of carbonyl (C=O) groups is 2. The summed E-state index contributed by atoms with van der Waals surface area (Å²) in [5.41, 5.74) is 0. The van der Waals surface area contributed by atoms with E-state index < -0.39 is 11.9 Å². The van der Waals surface area contributed by atoms with Crippen molar-refractivity contribution < 1.29 is 19.1 Å². The Hall–Kier alpha value is -2.33. The summed E-state index contributed by atoms with van der Waals surface area (Å²) in [6.07, 6.45) is 8.49. The molecule has 144 valence electrons. The van der Waals surface area contributed by atoms with Crippen LogP contribution in [0.1, 0.15) is 38.5 Å². The van der Waals surface area contributed by atoms with Crippen molar-refractivity contribution in [2.45, 2.75) is 38.5 Å². The molecule has 5 heteroatoms. The highest BCUT2D eigenvalue weighted by Gasteiger charge is 2.04. The van der Waals surface area contributed by atoms with Crippen molar-refractivity contribution in [3.05, 3.63) is 54.6 Å². The molecule has 2 aromatic rings. The third kappa shape index (κ3) is 8.27. The summed E-state index contributed by atoms with van der Waals surface area (Å²) >= 11 is 5.62. The maximum Gasteiger partial charge on any atom is 0.336 e. The van der Waals surface area contributed by atoms with Crippen molar-refractivity contribution in [3.63, 3.8) is 0 Å². The predicted octanol–water partition coefficient (Wildman–Crippen LogP) is 5.42. The number of fused-ring (bicyclic) bond motifs is 1. The maximum atomic E-state index is 11.8. The lowest BCUT2D eigenvalue weighted by Gasteiger charge is -2.04. The van der Waals surface area contributed by atoms with E-state index in [1.54, 1.807) is 12.1 Å². The molecule has 0 aliphatic rings. The zero-order valence-electron chi connectivity index (χ0n) is 15.4. The normalized spacial score (nSPS) is 11.0. The lowest BCUT2D eigenvalue weighted by molar-refractivity contribution is -0.138.